The van der Waals surface area contributed by atoms with E-state index in [1.807, 2.05) is 23.6 Å². The second-order valence-corrected chi connectivity index (χ2v) is 7.53. The Hall–Kier alpha value is -1.53. The Labute approximate surface area is 144 Å². The molecule has 1 aliphatic rings. The highest BCUT2D eigenvalue weighted by molar-refractivity contribution is 7.99. The van der Waals surface area contributed by atoms with Crippen LogP contribution in [0.1, 0.15) is 33.8 Å². The molecule has 6 heteroatoms. The highest BCUT2D eigenvalue weighted by Crippen LogP contribution is 2.37. The number of amides is 1. The van der Waals surface area contributed by atoms with Crippen molar-refractivity contribution >= 4 is 29.0 Å². The number of thiophene rings is 1. The van der Waals surface area contributed by atoms with Gasteiger partial charge in [0.05, 0.1) is 6.61 Å². The maximum absolute atomic E-state index is 12.8. The summed E-state index contributed by atoms with van der Waals surface area (Å²) in [7, 11) is 0. The Morgan fingerprint density at radius 2 is 2.30 bits per heavy atom. The smallest absolute Gasteiger partial charge is 0.259 e. The van der Waals surface area contributed by atoms with E-state index in [0.717, 1.165) is 25.3 Å². The molecule has 1 fully saturated rings. The van der Waals surface area contributed by atoms with E-state index in [9.17, 15) is 4.79 Å². The first-order chi connectivity index (χ1) is 11.3. The molecule has 23 heavy (non-hydrogen) atoms. The van der Waals surface area contributed by atoms with Crippen molar-refractivity contribution in [2.24, 2.45) is 0 Å². The minimum Gasteiger partial charge on any atom is -0.477 e. The summed E-state index contributed by atoms with van der Waals surface area (Å²) in [5.41, 5.74) is 0.564. The van der Waals surface area contributed by atoms with E-state index in [1.54, 1.807) is 29.7 Å². The zero-order chi connectivity index (χ0) is 16.1. The van der Waals surface area contributed by atoms with E-state index in [1.165, 1.54) is 4.88 Å². The summed E-state index contributed by atoms with van der Waals surface area (Å²) in [4.78, 5) is 20.4. The highest BCUT2D eigenvalue weighted by atomic mass is 32.2. The van der Waals surface area contributed by atoms with Gasteiger partial charge in [0.1, 0.15) is 5.56 Å². The van der Waals surface area contributed by atoms with Crippen molar-refractivity contribution < 1.29 is 9.53 Å². The molecular weight excluding hydrogens is 328 g/mol. The minimum atomic E-state index is 0.0222. The molecule has 1 aliphatic heterocycles. The van der Waals surface area contributed by atoms with Crippen molar-refractivity contribution in [3.63, 3.8) is 0 Å². The number of hydrogen-bond acceptors (Lipinski definition) is 5. The van der Waals surface area contributed by atoms with Crippen LogP contribution in [-0.2, 0) is 0 Å². The molecule has 1 saturated heterocycles. The third kappa shape index (κ3) is 3.87. The molecule has 2 aromatic heterocycles. The van der Waals surface area contributed by atoms with Gasteiger partial charge < -0.3 is 9.64 Å². The molecule has 2 aromatic rings. The van der Waals surface area contributed by atoms with Crippen LogP contribution in [0.25, 0.3) is 0 Å². The van der Waals surface area contributed by atoms with Crippen LogP contribution in [0.3, 0.4) is 0 Å². The first kappa shape index (κ1) is 16.3. The van der Waals surface area contributed by atoms with Crippen LogP contribution in [0.2, 0.25) is 0 Å². The molecule has 0 aliphatic carbocycles. The van der Waals surface area contributed by atoms with E-state index < -0.39 is 0 Å². The van der Waals surface area contributed by atoms with Gasteiger partial charge >= 0.3 is 0 Å². The Morgan fingerprint density at radius 3 is 3.09 bits per heavy atom. The molecule has 3 heterocycles. The fraction of sp³-hybridized carbons (Fsp3) is 0.412. The van der Waals surface area contributed by atoms with Crippen LogP contribution in [0.4, 0.5) is 0 Å². The molecular formula is C17H20N2O2S2. The molecule has 0 N–H and O–H groups in total. The van der Waals surface area contributed by atoms with Gasteiger partial charge in [0, 0.05) is 35.2 Å². The van der Waals surface area contributed by atoms with Gasteiger partial charge in [-0.2, -0.15) is 11.8 Å². The van der Waals surface area contributed by atoms with E-state index >= 15 is 0 Å². The van der Waals surface area contributed by atoms with Crippen LogP contribution in [0.15, 0.2) is 35.8 Å². The maximum atomic E-state index is 12.8. The fourth-order valence-electron chi connectivity index (χ4n) is 2.65. The van der Waals surface area contributed by atoms with Gasteiger partial charge in [-0.25, -0.2) is 4.98 Å². The summed E-state index contributed by atoms with van der Waals surface area (Å²) in [6.45, 7) is 3.95. The van der Waals surface area contributed by atoms with Gasteiger partial charge in [0.2, 0.25) is 5.88 Å². The number of hydrogen-bond donors (Lipinski definition) is 0. The molecule has 0 radical (unpaired) electrons. The number of rotatable bonds is 4. The molecule has 1 amide bonds. The zero-order valence-corrected chi connectivity index (χ0v) is 14.7. The minimum absolute atomic E-state index is 0.0222. The molecule has 0 spiro atoms. The Kier molecular flexibility index (Phi) is 5.56. The normalized spacial score (nSPS) is 18.5. The van der Waals surface area contributed by atoms with Crippen LogP contribution < -0.4 is 4.74 Å². The molecule has 1 unspecified atom stereocenters. The lowest BCUT2D eigenvalue weighted by Crippen LogP contribution is -2.33. The second kappa shape index (κ2) is 7.84. The van der Waals surface area contributed by atoms with Crippen molar-refractivity contribution in [2.75, 3.05) is 25.4 Å². The molecule has 3 rings (SSSR count). The third-order valence-electron chi connectivity index (χ3n) is 3.77. The number of carbonyl (C=O) groups is 1. The molecule has 4 nitrogen and oxygen atoms in total. The van der Waals surface area contributed by atoms with Crippen molar-refractivity contribution in [2.45, 2.75) is 18.6 Å². The number of aromatic nitrogens is 1. The Morgan fingerprint density at radius 1 is 1.39 bits per heavy atom. The zero-order valence-electron chi connectivity index (χ0n) is 13.1. The summed E-state index contributed by atoms with van der Waals surface area (Å²) < 4.78 is 5.50. The molecule has 0 saturated carbocycles. The lowest BCUT2D eigenvalue weighted by Gasteiger charge is -2.21. The molecule has 1 atom stereocenters. The maximum Gasteiger partial charge on any atom is 0.259 e. The predicted molar refractivity (Wildman–Crippen MR) is 95.4 cm³/mol. The number of ether oxygens (including phenoxy) is 1. The van der Waals surface area contributed by atoms with Crippen LogP contribution in [-0.4, -0.2) is 41.2 Å². The van der Waals surface area contributed by atoms with Gasteiger partial charge in [-0.3, -0.25) is 4.79 Å². The first-order valence-corrected chi connectivity index (χ1v) is 9.74. The number of thioether (sulfide) groups is 1. The van der Waals surface area contributed by atoms with Crippen LogP contribution >= 0.6 is 23.1 Å². The standard InChI is InChI=1S/C17H20N2O2S2/c1-2-21-16-13(5-3-8-18-16)17(20)19-9-7-15(23-12-10-19)14-6-4-11-22-14/h3-6,8,11,15H,2,7,9-10,12H2,1H3. The summed E-state index contributed by atoms with van der Waals surface area (Å²) in [6.07, 6.45) is 2.65. The van der Waals surface area contributed by atoms with Crippen molar-refractivity contribution in [3.8, 4) is 5.88 Å². The average Bonchev–Trinajstić information content (AvgIpc) is 3.00. The first-order valence-electron chi connectivity index (χ1n) is 7.81. The summed E-state index contributed by atoms with van der Waals surface area (Å²) in [6, 6.07) is 7.87. The van der Waals surface area contributed by atoms with E-state index in [4.69, 9.17) is 4.74 Å². The molecule has 122 valence electrons. The van der Waals surface area contributed by atoms with Crippen molar-refractivity contribution in [1.29, 1.82) is 0 Å². The summed E-state index contributed by atoms with van der Waals surface area (Å²) >= 11 is 3.74. The number of pyridine rings is 1. The largest absolute Gasteiger partial charge is 0.477 e. The lowest BCUT2D eigenvalue weighted by atomic mass is 10.2. The van der Waals surface area contributed by atoms with Crippen LogP contribution in [0.5, 0.6) is 5.88 Å². The predicted octanol–water partition coefficient (Wildman–Crippen LogP) is 3.86. The van der Waals surface area contributed by atoms with E-state index in [0.29, 0.717) is 23.3 Å². The second-order valence-electron chi connectivity index (χ2n) is 5.24. The highest BCUT2D eigenvalue weighted by Gasteiger charge is 2.25. The van der Waals surface area contributed by atoms with Crippen molar-refractivity contribution in [3.05, 3.63) is 46.3 Å². The average molecular weight is 348 g/mol. The quantitative estimate of drug-likeness (QED) is 0.841. The summed E-state index contributed by atoms with van der Waals surface area (Å²) in [5.74, 6) is 1.42. The lowest BCUT2D eigenvalue weighted by molar-refractivity contribution is 0.0761. The summed E-state index contributed by atoms with van der Waals surface area (Å²) in [5, 5.41) is 2.61. The molecule has 0 bridgehead atoms. The van der Waals surface area contributed by atoms with Gasteiger partial charge in [-0.1, -0.05) is 6.07 Å². The van der Waals surface area contributed by atoms with Gasteiger partial charge in [-0.15, -0.1) is 11.3 Å². The molecule has 0 aromatic carbocycles. The third-order valence-corrected chi connectivity index (χ3v) is 6.22. The van der Waals surface area contributed by atoms with Gasteiger partial charge in [0.15, 0.2) is 0 Å². The fourth-order valence-corrected chi connectivity index (χ4v) is 4.89. The Balaban J connectivity index is 1.71. The number of carbonyl (C=O) groups excluding carboxylic acids is 1. The van der Waals surface area contributed by atoms with E-state index in [-0.39, 0.29) is 5.91 Å². The van der Waals surface area contributed by atoms with Crippen molar-refractivity contribution in [1.82, 2.24) is 9.88 Å². The monoisotopic (exact) mass is 348 g/mol. The van der Waals surface area contributed by atoms with Gasteiger partial charge in [-0.05, 0) is 36.9 Å². The SMILES string of the molecule is CCOc1ncccc1C(=O)N1CCSC(c2cccs2)CC1. The van der Waals surface area contributed by atoms with E-state index in [2.05, 4.69) is 22.5 Å². The number of nitrogens with zero attached hydrogens (tertiary/aromatic N) is 2. The Bertz CT molecular complexity index is 646. The van der Waals surface area contributed by atoms with Crippen LogP contribution in [0, 0.1) is 0 Å². The van der Waals surface area contributed by atoms with Gasteiger partial charge in [0.25, 0.3) is 5.91 Å². The topological polar surface area (TPSA) is 42.4 Å².